The van der Waals surface area contributed by atoms with Crippen LogP contribution in [0, 0.1) is 5.92 Å². The van der Waals surface area contributed by atoms with E-state index in [9.17, 15) is 5.11 Å². The Bertz CT molecular complexity index is 356. The highest BCUT2D eigenvalue weighted by Crippen LogP contribution is 2.21. The van der Waals surface area contributed by atoms with Gasteiger partial charge in [-0.2, -0.15) is 0 Å². The molecule has 0 aromatic heterocycles. The SMILES string of the molecule is C[C@H]1CN(Cc2ccccc2Cl)CC[C@H]1O. The van der Waals surface area contributed by atoms with E-state index in [0.717, 1.165) is 31.1 Å². The summed E-state index contributed by atoms with van der Waals surface area (Å²) in [6.45, 7) is 4.89. The largest absolute Gasteiger partial charge is 0.393 e. The molecule has 16 heavy (non-hydrogen) atoms. The molecule has 3 heteroatoms. The van der Waals surface area contributed by atoms with Gasteiger partial charge in [-0.1, -0.05) is 36.7 Å². The van der Waals surface area contributed by atoms with Gasteiger partial charge in [0.25, 0.3) is 0 Å². The van der Waals surface area contributed by atoms with Crippen molar-refractivity contribution in [1.29, 1.82) is 0 Å². The predicted octanol–water partition coefficient (Wildman–Crippen LogP) is 2.54. The van der Waals surface area contributed by atoms with Crippen LogP contribution in [0.25, 0.3) is 0 Å². The summed E-state index contributed by atoms with van der Waals surface area (Å²) in [5.74, 6) is 0.358. The minimum Gasteiger partial charge on any atom is -0.393 e. The Morgan fingerprint density at radius 1 is 1.44 bits per heavy atom. The second-order valence-corrected chi connectivity index (χ2v) is 5.07. The second kappa shape index (κ2) is 5.17. The molecule has 2 rings (SSSR count). The van der Waals surface area contributed by atoms with E-state index in [1.54, 1.807) is 0 Å². The Kier molecular flexibility index (Phi) is 3.85. The number of likely N-dealkylation sites (tertiary alicyclic amines) is 1. The van der Waals surface area contributed by atoms with E-state index in [2.05, 4.69) is 17.9 Å². The van der Waals surface area contributed by atoms with Crippen molar-refractivity contribution < 1.29 is 5.11 Å². The number of piperidine rings is 1. The van der Waals surface area contributed by atoms with Gasteiger partial charge in [0, 0.05) is 24.7 Å². The molecule has 1 saturated heterocycles. The van der Waals surface area contributed by atoms with Gasteiger partial charge in [-0.3, -0.25) is 4.90 Å². The van der Waals surface area contributed by atoms with Gasteiger partial charge in [-0.25, -0.2) is 0 Å². The molecule has 1 aromatic carbocycles. The highest BCUT2D eigenvalue weighted by atomic mass is 35.5. The lowest BCUT2D eigenvalue weighted by Crippen LogP contribution is -2.41. The molecule has 0 spiro atoms. The van der Waals surface area contributed by atoms with Gasteiger partial charge in [0.2, 0.25) is 0 Å². The first-order valence-electron chi connectivity index (χ1n) is 5.80. The first kappa shape index (κ1) is 11.9. The van der Waals surface area contributed by atoms with Gasteiger partial charge in [0.15, 0.2) is 0 Å². The third kappa shape index (κ3) is 2.76. The second-order valence-electron chi connectivity index (χ2n) is 4.66. The molecule has 2 atom stereocenters. The van der Waals surface area contributed by atoms with Crippen LogP contribution in [0.15, 0.2) is 24.3 Å². The van der Waals surface area contributed by atoms with Crippen LogP contribution >= 0.6 is 11.6 Å². The number of hydrogen-bond acceptors (Lipinski definition) is 2. The minimum atomic E-state index is -0.137. The van der Waals surface area contributed by atoms with Crippen molar-refractivity contribution in [1.82, 2.24) is 4.90 Å². The van der Waals surface area contributed by atoms with Crippen molar-refractivity contribution in [2.75, 3.05) is 13.1 Å². The molecule has 0 bridgehead atoms. The molecule has 88 valence electrons. The zero-order valence-electron chi connectivity index (χ0n) is 9.56. The van der Waals surface area contributed by atoms with Gasteiger partial charge < -0.3 is 5.11 Å². The van der Waals surface area contributed by atoms with E-state index in [1.807, 2.05) is 18.2 Å². The third-order valence-electron chi connectivity index (χ3n) is 3.30. The summed E-state index contributed by atoms with van der Waals surface area (Å²) < 4.78 is 0. The maximum atomic E-state index is 9.66. The Morgan fingerprint density at radius 2 is 2.19 bits per heavy atom. The average Bonchev–Trinajstić information content (AvgIpc) is 2.27. The number of nitrogens with zero attached hydrogens (tertiary/aromatic N) is 1. The van der Waals surface area contributed by atoms with Crippen LogP contribution < -0.4 is 0 Å². The van der Waals surface area contributed by atoms with Gasteiger partial charge in [0.1, 0.15) is 0 Å². The topological polar surface area (TPSA) is 23.5 Å². The summed E-state index contributed by atoms with van der Waals surface area (Å²) >= 11 is 6.13. The maximum Gasteiger partial charge on any atom is 0.0590 e. The van der Waals surface area contributed by atoms with Gasteiger partial charge >= 0.3 is 0 Å². The number of benzene rings is 1. The molecular formula is C13H18ClNO. The Balaban J connectivity index is 1.98. The van der Waals surface area contributed by atoms with E-state index in [4.69, 9.17) is 11.6 Å². The summed E-state index contributed by atoms with van der Waals surface area (Å²) in [6.07, 6.45) is 0.730. The van der Waals surface area contributed by atoms with Gasteiger partial charge in [-0.05, 0) is 24.0 Å². The molecule has 0 amide bonds. The lowest BCUT2D eigenvalue weighted by atomic mass is 9.96. The molecule has 1 aliphatic heterocycles. The van der Waals surface area contributed by atoms with Crippen LogP contribution in [0.5, 0.6) is 0 Å². The Morgan fingerprint density at radius 3 is 2.88 bits per heavy atom. The van der Waals surface area contributed by atoms with Gasteiger partial charge in [-0.15, -0.1) is 0 Å². The van der Waals surface area contributed by atoms with Gasteiger partial charge in [0.05, 0.1) is 6.10 Å². The first-order valence-corrected chi connectivity index (χ1v) is 6.18. The highest BCUT2D eigenvalue weighted by Gasteiger charge is 2.24. The van der Waals surface area contributed by atoms with Crippen molar-refractivity contribution >= 4 is 11.6 Å². The van der Waals surface area contributed by atoms with Crippen LogP contribution in [0.4, 0.5) is 0 Å². The summed E-state index contributed by atoms with van der Waals surface area (Å²) in [5.41, 5.74) is 1.17. The summed E-state index contributed by atoms with van der Waals surface area (Å²) in [4.78, 5) is 2.36. The highest BCUT2D eigenvalue weighted by molar-refractivity contribution is 6.31. The van der Waals surface area contributed by atoms with E-state index < -0.39 is 0 Å². The van der Waals surface area contributed by atoms with Crippen molar-refractivity contribution in [3.63, 3.8) is 0 Å². The summed E-state index contributed by atoms with van der Waals surface area (Å²) in [7, 11) is 0. The molecule has 0 aliphatic carbocycles. The van der Waals surface area contributed by atoms with E-state index >= 15 is 0 Å². The number of hydrogen-bond donors (Lipinski definition) is 1. The first-order chi connectivity index (χ1) is 7.66. The molecule has 0 unspecified atom stereocenters. The number of aliphatic hydroxyl groups is 1. The molecule has 0 radical (unpaired) electrons. The van der Waals surface area contributed by atoms with Crippen LogP contribution in [0.1, 0.15) is 18.9 Å². The Labute approximate surface area is 102 Å². The van der Waals surface area contributed by atoms with E-state index in [0.29, 0.717) is 5.92 Å². The van der Waals surface area contributed by atoms with Crippen molar-refractivity contribution in [2.45, 2.75) is 26.0 Å². The molecule has 1 fully saturated rings. The van der Waals surface area contributed by atoms with Crippen LogP contribution in [0.2, 0.25) is 5.02 Å². The van der Waals surface area contributed by atoms with Crippen LogP contribution in [-0.4, -0.2) is 29.2 Å². The number of rotatable bonds is 2. The standard InChI is InChI=1S/C13H18ClNO/c1-10-8-15(7-6-13(10)16)9-11-4-2-3-5-12(11)14/h2-5,10,13,16H,6-9H2,1H3/t10-,13+/m0/s1. The third-order valence-corrected chi connectivity index (χ3v) is 3.66. The molecular weight excluding hydrogens is 222 g/mol. The molecule has 1 aliphatic rings. The van der Waals surface area contributed by atoms with Crippen LogP contribution in [0.3, 0.4) is 0 Å². The lowest BCUT2D eigenvalue weighted by molar-refractivity contribution is 0.0320. The normalized spacial score (nSPS) is 26.9. The molecule has 1 N–H and O–H groups in total. The number of aliphatic hydroxyl groups excluding tert-OH is 1. The summed E-state index contributed by atoms with van der Waals surface area (Å²) in [6, 6.07) is 7.97. The zero-order chi connectivity index (χ0) is 11.5. The minimum absolute atomic E-state index is 0.137. The summed E-state index contributed by atoms with van der Waals surface area (Å²) in [5, 5.41) is 10.5. The fourth-order valence-corrected chi connectivity index (χ4v) is 2.43. The van der Waals surface area contributed by atoms with Crippen molar-refractivity contribution in [3.8, 4) is 0 Å². The van der Waals surface area contributed by atoms with Crippen molar-refractivity contribution in [3.05, 3.63) is 34.9 Å². The monoisotopic (exact) mass is 239 g/mol. The molecule has 1 heterocycles. The average molecular weight is 240 g/mol. The fourth-order valence-electron chi connectivity index (χ4n) is 2.23. The molecule has 1 aromatic rings. The molecule has 0 saturated carbocycles. The maximum absolute atomic E-state index is 9.66. The Hall–Kier alpha value is -0.570. The number of halogens is 1. The smallest absolute Gasteiger partial charge is 0.0590 e. The lowest BCUT2D eigenvalue weighted by Gasteiger charge is -2.34. The zero-order valence-corrected chi connectivity index (χ0v) is 10.3. The van der Waals surface area contributed by atoms with E-state index in [-0.39, 0.29) is 6.10 Å². The quantitative estimate of drug-likeness (QED) is 0.858. The van der Waals surface area contributed by atoms with Crippen LogP contribution in [-0.2, 0) is 6.54 Å². The van der Waals surface area contributed by atoms with E-state index in [1.165, 1.54) is 5.56 Å². The van der Waals surface area contributed by atoms with Crippen molar-refractivity contribution in [2.24, 2.45) is 5.92 Å². The predicted molar refractivity (Wildman–Crippen MR) is 66.5 cm³/mol. The fraction of sp³-hybridized carbons (Fsp3) is 0.538. The molecule has 2 nitrogen and oxygen atoms in total.